The Hall–Kier alpha value is -0.120. The van der Waals surface area contributed by atoms with Gasteiger partial charge in [-0.1, -0.05) is 13.8 Å². The fourth-order valence-electron chi connectivity index (χ4n) is 7.39. The minimum Gasteiger partial charge on any atom is -0.393 e. The van der Waals surface area contributed by atoms with Crippen LogP contribution in [0.1, 0.15) is 65.2 Å². The summed E-state index contributed by atoms with van der Waals surface area (Å²) < 4.78 is 0. The highest BCUT2D eigenvalue weighted by atomic mass is 16.3. The minimum atomic E-state index is -0.197. The molecule has 0 radical (unpaired) electrons. The van der Waals surface area contributed by atoms with Crippen molar-refractivity contribution in [3.8, 4) is 0 Å². The Morgan fingerprint density at radius 1 is 0.864 bits per heavy atom. The summed E-state index contributed by atoms with van der Waals surface area (Å²) in [7, 11) is 0. The van der Waals surface area contributed by atoms with Gasteiger partial charge in [-0.3, -0.25) is 0 Å². The van der Waals surface area contributed by atoms with Crippen LogP contribution in [0.15, 0.2) is 0 Å². The van der Waals surface area contributed by atoms with E-state index >= 15 is 0 Å². The van der Waals surface area contributed by atoms with E-state index in [2.05, 4.69) is 19.6 Å². The average molecular weight is 308 g/mol. The zero-order chi connectivity index (χ0) is 15.7. The third-order valence-electron chi connectivity index (χ3n) is 8.75. The molecule has 0 heterocycles. The predicted octanol–water partition coefficient (Wildman–Crippen LogP) is 1.97. The minimum absolute atomic E-state index is 0.0546. The van der Waals surface area contributed by atoms with Crippen LogP contribution >= 0.6 is 0 Å². The van der Waals surface area contributed by atoms with Crippen molar-refractivity contribution in [1.82, 2.24) is 0 Å². The van der Waals surface area contributed by atoms with Gasteiger partial charge in [0.15, 0.2) is 0 Å². The van der Waals surface area contributed by atoms with Crippen LogP contribution in [0.4, 0.5) is 0 Å². The molecule has 4 saturated carbocycles. The highest BCUT2D eigenvalue weighted by Crippen LogP contribution is 2.65. The lowest BCUT2D eigenvalue weighted by atomic mass is 9.45. The molecule has 4 aliphatic rings. The lowest BCUT2D eigenvalue weighted by molar-refractivity contribution is -0.435. The first-order chi connectivity index (χ1) is 10.4. The third-order valence-corrected chi connectivity index (χ3v) is 8.75. The van der Waals surface area contributed by atoms with Gasteiger partial charge in [-0.2, -0.15) is 0 Å². The monoisotopic (exact) mass is 308 g/mol. The average Bonchev–Trinajstić information content (AvgIpc) is 2.72. The fraction of sp³-hybridized carbons (Fsp3) is 1.00. The van der Waals surface area contributed by atoms with Gasteiger partial charge in [0.25, 0.3) is 0 Å². The van der Waals surface area contributed by atoms with Gasteiger partial charge in [-0.15, -0.1) is 0 Å². The molecule has 0 amide bonds. The molecule has 9 atom stereocenters. The van der Waals surface area contributed by atoms with E-state index in [0.717, 1.165) is 37.0 Å². The van der Waals surface area contributed by atoms with Crippen LogP contribution in [-0.2, 0) is 0 Å². The number of hydrogen-bond acceptors (Lipinski definition) is 2. The molecule has 0 aromatic rings. The molecule has 0 aliphatic heterocycles. The molecule has 3 heteroatoms. The van der Waals surface area contributed by atoms with Crippen molar-refractivity contribution in [2.24, 2.45) is 34.5 Å². The molecular formula is C19H34NO2+. The van der Waals surface area contributed by atoms with Crippen LogP contribution < -0.4 is 5.73 Å². The Labute approximate surface area is 134 Å². The molecule has 4 rings (SSSR count). The number of aliphatic hydroxyl groups excluding tert-OH is 2. The normalized spacial score (nSPS) is 61.2. The molecule has 0 bridgehead atoms. The van der Waals surface area contributed by atoms with E-state index in [-0.39, 0.29) is 23.7 Å². The number of fused-ring (bicyclic) bond motifs is 5. The maximum Gasteiger partial charge on any atom is 0.111 e. The maximum atomic E-state index is 10.7. The first-order valence-electron chi connectivity index (χ1n) is 9.55. The van der Waals surface area contributed by atoms with Crippen LogP contribution in [0.3, 0.4) is 0 Å². The van der Waals surface area contributed by atoms with Crippen LogP contribution in [-0.4, -0.2) is 28.5 Å². The topological polar surface area (TPSA) is 68.1 Å². The summed E-state index contributed by atoms with van der Waals surface area (Å²) in [5, 5.41) is 20.8. The van der Waals surface area contributed by atoms with E-state index in [1.807, 2.05) is 0 Å². The Morgan fingerprint density at radius 3 is 2.36 bits per heavy atom. The predicted molar refractivity (Wildman–Crippen MR) is 85.8 cm³/mol. The van der Waals surface area contributed by atoms with Gasteiger partial charge in [-0.05, 0) is 74.0 Å². The first-order valence-corrected chi connectivity index (χ1v) is 9.55. The molecular weight excluding hydrogens is 274 g/mol. The summed E-state index contributed by atoms with van der Waals surface area (Å²) >= 11 is 0. The molecule has 0 spiro atoms. The smallest absolute Gasteiger partial charge is 0.111 e. The number of aliphatic hydroxyl groups is 2. The van der Waals surface area contributed by atoms with Gasteiger partial charge in [0.2, 0.25) is 0 Å². The summed E-state index contributed by atoms with van der Waals surface area (Å²) in [5.74, 6) is 3.00. The molecule has 3 nitrogen and oxygen atoms in total. The Kier molecular flexibility index (Phi) is 3.46. The van der Waals surface area contributed by atoms with Gasteiger partial charge in [-0.25, -0.2) is 0 Å². The van der Waals surface area contributed by atoms with Crippen molar-refractivity contribution in [2.45, 2.75) is 83.5 Å². The Morgan fingerprint density at radius 2 is 1.59 bits per heavy atom. The number of hydrogen-bond donors (Lipinski definition) is 3. The SMILES string of the molecule is C[C@]12CC[C@H]3[C@@H](CC[C@H]4C[C@H](O)CC[C@@]43C)[C@H]1C[C@H]([NH3+])[C@@H]2O. The lowest BCUT2D eigenvalue weighted by Gasteiger charge is -2.60. The molecule has 0 saturated heterocycles. The van der Waals surface area contributed by atoms with Crippen LogP contribution in [0.2, 0.25) is 0 Å². The van der Waals surface area contributed by atoms with Crippen molar-refractivity contribution < 1.29 is 15.9 Å². The molecule has 4 aliphatic carbocycles. The van der Waals surface area contributed by atoms with E-state index < -0.39 is 0 Å². The highest BCUT2D eigenvalue weighted by Gasteiger charge is 2.62. The molecule has 5 N–H and O–H groups in total. The Balaban J connectivity index is 1.63. The largest absolute Gasteiger partial charge is 0.393 e. The Bertz CT molecular complexity index is 455. The second-order valence-corrected chi connectivity index (χ2v) is 9.57. The van der Waals surface area contributed by atoms with Crippen molar-refractivity contribution in [3.05, 3.63) is 0 Å². The van der Waals surface area contributed by atoms with Gasteiger partial charge < -0.3 is 15.9 Å². The van der Waals surface area contributed by atoms with E-state index in [0.29, 0.717) is 11.3 Å². The summed E-state index contributed by atoms with van der Waals surface area (Å²) in [6, 6.07) is 0.229. The third kappa shape index (κ3) is 1.91. The van der Waals surface area contributed by atoms with E-state index in [1.165, 1.54) is 32.1 Å². The molecule has 0 aromatic heterocycles. The zero-order valence-corrected chi connectivity index (χ0v) is 14.3. The van der Waals surface area contributed by atoms with Crippen molar-refractivity contribution in [2.75, 3.05) is 0 Å². The summed E-state index contributed by atoms with van der Waals surface area (Å²) in [5.41, 5.74) is 4.81. The number of rotatable bonds is 0. The molecule has 22 heavy (non-hydrogen) atoms. The van der Waals surface area contributed by atoms with Gasteiger partial charge >= 0.3 is 0 Å². The zero-order valence-electron chi connectivity index (χ0n) is 14.3. The maximum absolute atomic E-state index is 10.7. The second-order valence-electron chi connectivity index (χ2n) is 9.57. The summed E-state index contributed by atoms with van der Waals surface area (Å²) in [6.07, 6.45) is 9.18. The molecule has 0 unspecified atom stereocenters. The van der Waals surface area contributed by atoms with Crippen LogP contribution in [0, 0.1) is 34.5 Å². The highest BCUT2D eigenvalue weighted by molar-refractivity contribution is 5.11. The molecule has 4 fully saturated rings. The van der Waals surface area contributed by atoms with E-state index in [1.54, 1.807) is 0 Å². The fourth-order valence-corrected chi connectivity index (χ4v) is 7.39. The van der Waals surface area contributed by atoms with Gasteiger partial charge in [0.05, 0.1) is 6.10 Å². The quantitative estimate of drug-likeness (QED) is 0.640. The van der Waals surface area contributed by atoms with Crippen LogP contribution in [0.5, 0.6) is 0 Å². The van der Waals surface area contributed by atoms with Crippen molar-refractivity contribution in [1.29, 1.82) is 0 Å². The van der Waals surface area contributed by atoms with E-state index in [9.17, 15) is 10.2 Å². The molecule has 0 aromatic carbocycles. The van der Waals surface area contributed by atoms with Gasteiger partial charge in [0, 0.05) is 11.8 Å². The van der Waals surface area contributed by atoms with Crippen molar-refractivity contribution in [3.63, 3.8) is 0 Å². The summed E-state index contributed by atoms with van der Waals surface area (Å²) in [6.45, 7) is 4.86. The lowest BCUT2D eigenvalue weighted by Crippen LogP contribution is -2.65. The second kappa shape index (κ2) is 4.94. The number of quaternary nitrogens is 1. The van der Waals surface area contributed by atoms with Crippen LogP contribution in [0.25, 0.3) is 0 Å². The first kappa shape index (κ1) is 15.4. The van der Waals surface area contributed by atoms with Crippen molar-refractivity contribution >= 4 is 0 Å². The van der Waals surface area contributed by atoms with E-state index in [4.69, 9.17) is 0 Å². The standard InChI is InChI=1S/C19H33NO2/c1-18-7-5-12(21)9-11(18)3-4-13-14(18)6-8-19(2)15(13)10-16(20)17(19)22/h11-17,21-22H,3-10,20H2,1-2H3/p+1/t11-,12+,13+,14-,15+,16-,17-,18-,19-/m0/s1. The molecule has 126 valence electrons. The summed E-state index contributed by atoms with van der Waals surface area (Å²) in [4.78, 5) is 0. The van der Waals surface area contributed by atoms with Gasteiger partial charge in [0.1, 0.15) is 12.1 Å².